The van der Waals surface area contributed by atoms with E-state index in [-0.39, 0.29) is 23.8 Å². The van der Waals surface area contributed by atoms with E-state index in [0.717, 1.165) is 0 Å². The van der Waals surface area contributed by atoms with Gasteiger partial charge in [-0.3, -0.25) is 9.59 Å². The molecule has 0 aliphatic carbocycles. The minimum Gasteiger partial charge on any atom is -0.491 e. The number of methoxy groups -OCH3 is 2. The molecule has 2 heterocycles. The summed E-state index contributed by atoms with van der Waals surface area (Å²) in [6.07, 6.45) is 0.744. The van der Waals surface area contributed by atoms with Gasteiger partial charge in [-0.15, -0.1) is 0 Å². The summed E-state index contributed by atoms with van der Waals surface area (Å²) in [4.78, 5) is 35.9. The van der Waals surface area contributed by atoms with Crippen molar-refractivity contribution in [3.05, 3.63) is 27.7 Å². The monoisotopic (exact) mass is 295 g/mol. The quantitative estimate of drug-likeness (QED) is 0.886. The number of hydrogen-bond acceptors (Lipinski definition) is 5. The number of pyridine rings is 1. The molecule has 0 spiro atoms. The average molecular weight is 295 g/mol. The Labute approximate surface area is 121 Å². The third-order valence-corrected chi connectivity index (χ3v) is 3.92. The van der Waals surface area contributed by atoms with Crippen molar-refractivity contribution in [3.63, 3.8) is 0 Å². The number of rotatable bonds is 3. The first-order valence-electron chi connectivity index (χ1n) is 6.38. The molecule has 7 nitrogen and oxygen atoms in total. The highest BCUT2D eigenvalue weighted by Gasteiger charge is 2.45. The molecule has 1 aliphatic rings. The molecular weight excluding hydrogens is 278 g/mol. The van der Waals surface area contributed by atoms with Crippen molar-refractivity contribution >= 4 is 11.8 Å². The first-order valence-corrected chi connectivity index (χ1v) is 6.38. The summed E-state index contributed by atoms with van der Waals surface area (Å²) in [5.41, 5.74) is -1.97. The van der Waals surface area contributed by atoms with E-state index in [0.29, 0.717) is 0 Å². The van der Waals surface area contributed by atoms with E-state index in [2.05, 4.69) is 0 Å². The number of carbonyl (C=O) groups excluding carboxylic acids is 1. The molecule has 0 saturated heterocycles. The van der Waals surface area contributed by atoms with Crippen LogP contribution < -0.4 is 10.2 Å². The Kier molecular flexibility index (Phi) is 3.63. The molecule has 114 valence electrons. The van der Waals surface area contributed by atoms with Gasteiger partial charge in [0.1, 0.15) is 11.3 Å². The molecule has 7 heteroatoms. The largest absolute Gasteiger partial charge is 0.491 e. The minimum absolute atomic E-state index is 0.0887. The van der Waals surface area contributed by atoms with Crippen LogP contribution in [0.25, 0.3) is 0 Å². The Morgan fingerprint density at radius 2 is 2.00 bits per heavy atom. The van der Waals surface area contributed by atoms with Crippen molar-refractivity contribution in [2.75, 3.05) is 14.2 Å². The summed E-state index contributed by atoms with van der Waals surface area (Å²) in [7, 11) is 2.73. The highest BCUT2D eigenvalue weighted by Crippen LogP contribution is 2.36. The summed E-state index contributed by atoms with van der Waals surface area (Å²) >= 11 is 0. The van der Waals surface area contributed by atoms with Crippen LogP contribution in [0.5, 0.6) is 5.75 Å². The fourth-order valence-corrected chi connectivity index (χ4v) is 2.59. The molecule has 0 bridgehead atoms. The highest BCUT2D eigenvalue weighted by atomic mass is 16.5. The van der Waals surface area contributed by atoms with Gasteiger partial charge in [-0.25, -0.2) is 4.79 Å². The number of nitrogens with zero attached hydrogens (tertiary/aromatic N) is 1. The molecule has 1 aromatic rings. The van der Waals surface area contributed by atoms with Crippen molar-refractivity contribution in [1.82, 2.24) is 4.57 Å². The summed E-state index contributed by atoms with van der Waals surface area (Å²) in [5.74, 6) is -1.91. The highest BCUT2D eigenvalue weighted by molar-refractivity contribution is 6.02. The second kappa shape index (κ2) is 5.00. The van der Waals surface area contributed by atoms with Crippen LogP contribution in [0.3, 0.4) is 0 Å². The van der Waals surface area contributed by atoms with E-state index < -0.39 is 28.5 Å². The van der Waals surface area contributed by atoms with Crippen molar-refractivity contribution in [3.8, 4) is 5.75 Å². The first kappa shape index (κ1) is 15.2. The summed E-state index contributed by atoms with van der Waals surface area (Å²) in [6.45, 7) is 3.71. The van der Waals surface area contributed by atoms with E-state index in [1.807, 2.05) is 0 Å². The second-order valence-electron chi connectivity index (χ2n) is 5.49. The lowest BCUT2D eigenvalue weighted by Crippen LogP contribution is -2.48. The number of carboxylic acid groups (broad SMARTS) is 1. The zero-order valence-electron chi connectivity index (χ0n) is 12.3. The van der Waals surface area contributed by atoms with Crippen molar-refractivity contribution in [2.24, 2.45) is 5.41 Å². The van der Waals surface area contributed by atoms with E-state index >= 15 is 0 Å². The van der Waals surface area contributed by atoms with Crippen LogP contribution in [0, 0.1) is 5.41 Å². The molecule has 0 radical (unpaired) electrons. The number of carboxylic acids is 1. The van der Waals surface area contributed by atoms with E-state index in [1.54, 1.807) is 13.8 Å². The molecule has 0 fully saturated rings. The topological polar surface area (TPSA) is 94.8 Å². The minimum atomic E-state index is -1.36. The lowest BCUT2D eigenvalue weighted by atomic mass is 9.77. The van der Waals surface area contributed by atoms with E-state index in [1.165, 1.54) is 25.0 Å². The zero-order valence-corrected chi connectivity index (χ0v) is 12.3. The summed E-state index contributed by atoms with van der Waals surface area (Å²) < 4.78 is 11.8. The number of aromatic carboxylic acids is 1. The van der Waals surface area contributed by atoms with Gasteiger partial charge in [0.2, 0.25) is 5.43 Å². The number of carbonyl (C=O) groups is 2. The number of ether oxygens (including phenoxy) is 2. The van der Waals surface area contributed by atoms with Crippen molar-refractivity contribution in [1.29, 1.82) is 0 Å². The third kappa shape index (κ3) is 2.13. The number of fused-ring (bicyclic) bond motifs is 1. The normalized spacial score (nSPS) is 20.0. The van der Waals surface area contributed by atoms with E-state index in [9.17, 15) is 14.4 Å². The number of aromatic nitrogens is 1. The lowest BCUT2D eigenvalue weighted by molar-refractivity contribution is -0.00735. The van der Waals surface area contributed by atoms with Gasteiger partial charge in [0.15, 0.2) is 11.5 Å². The molecule has 1 N–H and O–H groups in total. The van der Waals surface area contributed by atoms with Crippen LogP contribution in [0.2, 0.25) is 0 Å². The van der Waals surface area contributed by atoms with Crippen molar-refractivity contribution in [2.45, 2.75) is 26.5 Å². The maximum atomic E-state index is 12.7. The van der Waals surface area contributed by atoms with Gasteiger partial charge in [0, 0.05) is 13.3 Å². The van der Waals surface area contributed by atoms with Crippen LogP contribution in [0.4, 0.5) is 0 Å². The Hall–Kier alpha value is -2.15. The van der Waals surface area contributed by atoms with E-state index in [4.69, 9.17) is 14.6 Å². The molecule has 0 aromatic carbocycles. The SMILES string of the molecule is COc1c2n(cc(C(=O)O)c1=O)CC(OC)C(C)(C)C2=O. The van der Waals surface area contributed by atoms with Gasteiger partial charge >= 0.3 is 5.97 Å². The number of Topliss-reactive ketones (excluding diaryl/α,β-unsaturated/α-hetero) is 1. The molecule has 2 rings (SSSR count). The molecular formula is C14H17NO6. The average Bonchev–Trinajstić information content (AvgIpc) is 2.42. The number of hydrogen-bond donors (Lipinski definition) is 1. The Morgan fingerprint density at radius 3 is 2.48 bits per heavy atom. The van der Waals surface area contributed by atoms with Crippen LogP contribution in [-0.4, -0.2) is 41.7 Å². The Bertz CT molecular complexity index is 673. The van der Waals surface area contributed by atoms with Gasteiger partial charge in [-0.1, -0.05) is 0 Å². The molecule has 1 atom stereocenters. The van der Waals surface area contributed by atoms with Crippen LogP contribution in [0.1, 0.15) is 34.7 Å². The zero-order chi connectivity index (χ0) is 15.9. The molecule has 1 aromatic heterocycles. The Balaban J connectivity index is 2.79. The molecule has 1 aliphatic heterocycles. The van der Waals surface area contributed by atoms with Crippen LogP contribution in [-0.2, 0) is 11.3 Å². The summed E-state index contributed by atoms with van der Waals surface area (Å²) in [6, 6.07) is 0. The predicted octanol–water partition coefficient (Wildman–Crippen LogP) is 0.793. The fourth-order valence-electron chi connectivity index (χ4n) is 2.59. The molecule has 21 heavy (non-hydrogen) atoms. The first-order chi connectivity index (χ1) is 9.75. The maximum Gasteiger partial charge on any atom is 0.341 e. The van der Waals surface area contributed by atoms with Gasteiger partial charge in [0.25, 0.3) is 0 Å². The van der Waals surface area contributed by atoms with Crippen LogP contribution >= 0.6 is 0 Å². The second-order valence-corrected chi connectivity index (χ2v) is 5.49. The molecule has 1 unspecified atom stereocenters. The maximum absolute atomic E-state index is 12.7. The smallest absolute Gasteiger partial charge is 0.341 e. The Morgan fingerprint density at radius 1 is 1.38 bits per heavy atom. The van der Waals surface area contributed by atoms with Gasteiger partial charge in [-0.05, 0) is 13.8 Å². The van der Waals surface area contributed by atoms with Crippen molar-refractivity contribution < 1.29 is 24.2 Å². The third-order valence-electron chi connectivity index (χ3n) is 3.92. The molecule has 0 amide bonds. The summed E-state index contributed by atoms with van der Waals surface area (Å²) in [5, 5.41) is 9.09. The van der Waals surface area contributed by atoms with Gasteiger partial charge in [-0.2, -0.15) is 0 Å². The predicted molar refractivity (Wildman–Crippen MR) is 73.1 cm³/mol. The molecule has 0 saturated carbocycles. The van der Waals surface area contributed by atoms with Gasteiger partial charge in [0.05, 0.1) is 25.2 Å². The van der Waals surface area contributed by atoms with Gasteiger partial charge < -0.3 is 19.1 Å². The standard InChI is InChI=1S/C14H17NO6/c1-14(2)8(20-3)6-15-5-7(13(18)19)10(16)11(21-4)9(15)12(14)17/h5,8H,6H2,1-4H3,(H,18,19). The van der Waals surface area contributed by atoms with Crippen LogP contribution in [0.15, 0.2) is 11.0 Å². The number of ketones is 1. The lowest BCUT2D eigenvalue weighted by Gasteiger charge is -2.38. The fraction of sp³-hybridized carbons (Fsp3) is 0.500.